The van der Waals surface area contributed by atoms with Crippen LogP contribution >= 0.6 is 0 Å². The lowest BCUT2D eigenvalue weighted by Gasteiger charge is -2.08. The second-order valence-electron chi connectivity index (χ2n) is 2.73. The molecule has 0 spiro atoms. The Kier molecular flexibility index (Phi) is 3.56. The maximum Gasteiger partial charge on any atom is 0.187 e. The molecule has 1 aromatic carbocycles. The fraction of sp³-hybridized carbons (Fsp3) is 0.250. The predicted octanol–water partition coefficient (Wildman–Crippen LogP) is 1.30. The minimum absolute atomic E-state index is 0.0771. The molecule has 0 heterocycles. The highest BCUT2D eigenvalue weighted by atomic mass is 32.2. The summed E-state index contributed by atoms with van der Waals surface area (Å²) in [5.41, 5.74) is 0.590. The van der Waals surface area contributed by atoms with Crippen molar-refractivity contribution in [3.63, 3.8) is 0 Å². The molecule has 1 rings (SSSR count). The molecule has 0 aliphatic carbocycles. The van der Waals surface area contributed by atoms with Gasteiger partial charge in [-0.1, -0.05) is 0 Å². The summed E-state index contributed by atoms with van der Waals surface area (Å²) in [6.45, 7) is 0.755. The fourth-order valence-corrected chi connectivity index (χ4v) is 1.90. The number of benzene rings is 1. The van der Waals surface area contributed by atoms with Crippen LogP contribution in [0.5, 0.6) is 5.75 Å². The third-order valence-corrected chi connectivity index (χ3v) is 2.71. The van der Waals surface area contributed by atoms with Crippen LogP contribution in [0.1, 0.15) is 11.1 Å². The molecule has 0 aliphatic rings. The van der Waals surface area contributed by atoms with Gasteiger partial charge in [-0.25, -0.2) is 8.60 Å². The SMILES string of the molecule is Cc1cc(ON)cc(CF)c1S(=O)O. The number of hydrogen-bond acceptors (Lipinski definition) is 3. The van der Waals surface area contributed by atoms with E-state index < -0.39 is 17.8 Å². The number of halogens is 1. The molecular formula is C8H10FNO3S. The van der Waals surface area contributed by atoms with Crippen molar-refractivity contribution in [2.45, 2.75) is 18.5 Å². The normalized spacial score (nSPS) is 12.6. The van der Waals surface area contributed by atoms with Gasteiger partial charge in [-0.3, -0.25) is 0 Å². The number of rotatable bonds is 3. The second-order valence-corrected chi connectivity index (χ2v) is 3.64. The van der Waals surface area contributed by atoms with Gasteiger partial charge in [-0.2, -0.15) is 5.90 Å². The van der Waals surface area contributed by atoms with E-state index >= 15 is 0 Å². The number of hydrogen-bond donors (Lipinski definition) is 2. The highest BCUT2D eigenvalue weighted by molar-refractivity contribution is 7.79. The van der Waals surface area contributed by atoms with Crippen LogP contribution < -0.4 is 10.7 Å². The first-order valence-electron chi connectivity index (χ1n) is 3.77. The smallest absolute Gasteiger partial charge is 0.187 e. The summed E-state index contributed by atoms with van der Waals surface area (Å²) in [4.78, 5) is 4.50. The Hall–Kier alpha value is -0.980. The topological polar surface area (TPSA) is 72.5 Å². The largest absolute Gasteiger partial charge is 0.412 e. The van der Waals surface area contributed by atoms with Crippen LogP contribution in [-0.4, -0.2) is 8.76 Å². The Bertz CT molecular complexity index is 370. The van der Waals surface area contributed by atoms with Crippen molar-refractivity contribution in [2.24, 2.45) is 5.90 Å². The van der Waals surface area contributed by atoms with Gasteiger partial charge < -0.3 is 9.39 Å². The molecule has 6 heteroatoms. The van der Waals surface area contributed by atoms with Crippen LogP contribution in [0.25, 0.3) is 0 Å². The van der Waals surface area contributed by atoms with Crippen LogP contribution in [-0.2, 0) is 17.8 Å². The van der Waals surface area contributed by atoms with Gasteiger partial charge in [0.25, 0.3) is 0 Å². The van der Waals surface area contributed by atoms with Crippen molar-refractivity contribution >= 4 is 11.1 Å². The molecule has 1 atom stereocenters. The van der Waals surface area contributed by atoms with E-state index in [9.17, 15) is 8.60 Å². The van der Waals surface area contributed by atoms with Crippen LogP contribution in [0.3, 0.4) is 0 Å². The number of nitrogens with two attached hydrogens (primary N) is 1. The predicted molar refractivity (Wildman–Crippen MR) is 49.8 cm³/mol. The Labute approximate surface area is 83.1 Å². The van der Waals surface area contributed by atoms with Gasteiger partial charge in [0.15, 0.2) is 11.1 Å². The molecular weight excluding hydrogens is 209 g/mol. The summed E-state index contributed by atoms with van der Waals surface area (Å²) in [6.07, 6.45) is 0. The molecule has 0 fully saturated rings. The summed E-state index contributed by atoms with van der Waals surface area (Å²) < 4.78 is 32.3. The van der Waals surface area contributed by atoms with Crippen LogP contribution in [0.2, 0.25) is 0 Å². The Balaban J connectivity index is 3.34. The standard InChI is InChI=1S/C8H10FNO3S/c1-5-2-7(13-10)3-6(4-9)8(5)14(11)12/h2-3H,4,10H2,1H3,(H,11,12). The lowest BCUT2D eigenvalue weighted by atomic mass is 10.1. The van der Waals surface area contributed by atoms with Gasteiger partial charge in [0.05, 0.1) is 4.90 Å². The van der Waals surface area contributed by atoms with Crippen LogP contribution in [0.4, 0.5) is 4.39 Å². The first-order valence-corrected chi connectivity index (χ1v) is 4.88. The van der Waals surface area contributed by atoms with E-state index in [0.717, 1.165) is 0 Å². The van der Waals surface area contributed by atoms with Gasteiger partial charge in [0.2, 0.25) is 0 Å². The zero-order valence-corrected chi connectivity index (χ0v) is 8.31. The zero-order valence-electron chi connectivity index (χ0n) is 7.49. The van der Waals surface area contributed by atoms with Gasteiger partial charge in [0.1, 0.15) is 12.4 Å². The molecule has 14 heavy (non-hydrogen) atoms. The van der Waals surface area contributed by atoms with E-state index in [-0.39, 0.29) is 16.2 Å². The third-order valence-electron chi connectivity index (χ3n) is 1.78. The maximum atomic E-state index is 12.5. The van der Waals surface area contributed by atoms with E-state index in [2.05, 4.69) is 4.84 Å². The van der Waals surface area contributed by atoms with Crippen molar-refractivity contribution in [3.05, 3.63) is 23.3 Å². The van der Waals surface area contributed by atoms with E-state index in [1.807, 2.05) is 0 Å². The maximum absolute atomic E-state index is 12.5. The minimum Gasteiger partial charge on any atom is -0.412 e. The summed E-state index contributed by atoms with van der Waals surface area (Å²) in [7, 11) is 0. The Morgan fingerprint density at radius 2 is 2.29 bits per heavy atom. The van der Waals surface area contributed by atoms with Crippen molar-refractivity contribution in [1.29, 1.82) is 0 Å². The van der Waals surface area contributed by atoms with Crippen molar-refractivity contribution in [2.75, 3.05) is 0 Å². The average molecular weight is 219 g/mol. The third kappa shape index (κ3) is 2.09. The first-order chi connectivity index (χ1) is 6.60. The van der Waals surface area contributed by atoms with E-state index in [0.29, 0.717) is 5.56 Å². The van der Waals surface area contributed by atoms with E-state index in [1.165, 1.54) is 12.1 Å². The molecule has 0 aromatic heterocycles. The molecule has 1 unspecified atom stereocenters. The summed E-state index contributed by atoms with van der Waals surface area (Å²) in [5.74, 6) is 5.18. The molecule has 0 bridgehead atoms. The van der Waals surface area contributed by atoms with Gasteiger partial charge >= 0.3 is 0 Å². The molecule has 0 aliphatic heterocycles. The van der Waals surface area contributed by atoms with Gasteiger partial charge in [0, 0.05) is 5.56 Å². The van der Waals surface area contributed by atoms with Crippen molar-refractivity contribution in [1.82, 2.24) is 0 Å². The van der Waals surface area contributed by atoms with Crippen molar-refractivity contribution in [3.8, 4) is 5.75 Å². The molecule has 78 valence electrons. The summed E-state index contributed by atoms with van der Waals surface area (Å²) in [5, 5.41) is 0. The van der Waals surface area contributed by atoms with Crippen molar-refractivity contribution < 1.29 is 18.0 Å². The highest BCUT2D eigenvalue weighted by Crippen LogP contribution is 2.24. The monoisotopic (exact) mass is 219 g/mol. The molecule has 0 saturated carbocycles. The summed E-state index contributed by atoms with van der Waals surface area (Å²) in [6, 6.07) is 2.78. The lowest BCUT2D eigenvalue weighted by molar-refractivity contribution is 0.332. The van der Waals surface area contributed by atoms with Gasteiger partial charge in [-0.15, -0.1) is 0 Å². The second kappa shape index (κ2) is 4.50. The number of aryl methyl sites for hydroxylation is 1. The molecule has 3 N–H and O–H groups in total. The molecule has 0 saturated heterocycles. The van der Waals surface area contributed by atoms with Crippen LogP contribution in [0, 0.1) is 6.92 Å². The van der Waals surface area contributed by atoms with Gasteiger partial charge in [-0.05, 0) is 24.6 Å². The first kappa shape index (κ1) is 11.1. The minimum atomic E-state index is -2.20. The Morgan fingerprint density at radius 3 is 2.71 bits per heavy atom. The molecule has 0 radical (unpaired) electrons. The highest BCUT2D eigenvalue weighted by Gasteiger charge is 2.13. The quantitative estimate of drug-likeness (QED) is 0.593. The zero-order chi connectivity index (χ0) is 10.7. The fourth-order valence-electron chi connectivity index (χ4n) is 1.23. The lowest BCUT2D eigenvalue weighted by Crippen LogP contribution is -2.05. The van der Waals surface area contributed by atoms with E-state index in [4.69, 9.17) is 10.4 Å². The summed E-state index contributed by atoms with van der Waals surface area (Å²) >= 11 is -2.20. The average Bonchev–Trinajstić information content (AvgIpc) is 2.15. The molecule has 4 nitrogen and oxygen atoms in total. The Morgan fingerprint density at radius 1 is 1.64 bits per heavy atom. The molecule has 0 amide bonds. The molecule has 1 aromatic rings. The van der Waals surface area contributed by atoms with E-state index in [1.54, 1.807) is 6.92 Å². The number of alkyl halides is 1. The van der Waals surface area contributed by atoms with Crippen LogP contribution in [0.15, 0.2) is 17.0 Å².